The molecule has 3 aromatic rings. The number of rotatable bonds is 6. The number of benzene rings is 3. The van der Waals surface area contributed by atoms with Crippen molar-refractivity contribution < 1.29 is 19.7 Å². The summed E-state index contributed by atoms with van der Waals surface area (Å²) in [5.74, 6) is 2.31. The minimum absolute atomic E-state index is 0.0778. The number of ether oxygens (including phenoxy) is 2. The van der Waals surface area contributed by atoms with Crippen molar-refractivity contribution in [3.63, 3.8) is 0 Å². The van der Waals surface area contributed by atoms with Gasteiger partial charge in [-0.2, -0.15) is 5.26 Å². The standard InChI is InChI=1S/C31H32N2O4/c1-19-12-13-33(17-19)20(2)18-36-26-9-6-22(7-10-26)31-30(23-4-5-24(16-32)28(35)14-23)21(3)27-15-25(34)8-11-29(27)37-31/h4-11,14-15,19-20,31,34-35H,12-13,17-18H2,1-3H3. The Labute approximate surface area is 218 Å². The van der Waals surface area contributed by atoms with Gasteiger partial charge in [0.15, 0.2) is 0 Å². The Bertz CT molecular complexity index is 1370. The van der Waals surface area contributed by atoms with Crippen LogP contribution in [0.5, 0.6) is 23.0 Å². The molecular weight excluding hydrogens is 464 g/mol. The van der Waals surface area contributed by atoms with Crippen LogP contribution >= 0.6 is 0 Å². The Hall–Kier alpha value is -3.95. The lowest BCUT2D eigenvalue weighted by Crippen LogP contribution is -2.35. The molecule has 6 heteroatoms. The summed E-state index contributed by atoms with van der Waals surface area (Å²) >= 11 is 0. The SMILES string of the molecule is CC1=C(c2ccc(C#N)c(O)c2)C(c2ccc(OCC(C)N3CCC(C)C3)cc2)Oc2ccc(O)cc21. The van der Waals surface area contributed by atoms with Crippen LogP contribution < -0.4 is 9.47 Å². The van der Waals surface area contributed by atoms with Crippen molar-refractivity contribution in [3.05, 3.63) is 82.9 Å². The molecule has 5 rings (SSSR count). The molecule has 2 aliphatic rings. The van der Waals surface area contributed by atoms with Gasteiger partial charge in [0.2, 0.25) is 0 Å². The van der Waals surface area contributed by atoms with Gasteiger partial charge in [-0.05, 0) is 91.9 Å². The van der Waals surface area contributed by atoms with E-state index in [1.807, 2.05) is 43.3 Å². The molecule has 0 aliphatic carbocycles. The van der Waals surface area contributed by atoms with Crippen LogP contribution in [0, 0.1) is 17.2 Å². The van der Waals surface area contributed by atoms with Crippen molar-refractivity contribution in [1.82, 2.24) is 4.90 Å². The number of nitrogens with zero attached hydrogens (tertiary/aromatic N) is 2. The molecule has 3 atom stereocenters. The normalized spacial score (nSPS) is 20.2. The smallest absolute Gasteiger partial charge is 0.150 e. The Morgan fingerprint density at radius 2 is 1.89 bits per heavy atom. The number of allylic oxidation sites excluding steroid dienone is 1. The zero-order valence-corrected chi connectivity index (χ0v) is 21.4. The molecule has 1 saturated heterocycles. The Morgan fingerprint density at radius 3 is 2.57 bits per heavy atom. The maximum Gasteiger partial charge on any atom is 0.150 e. The summed E-state index contributed by atoms with van der Waals surface area (Å²) < 4.78 is 12.6. The van der Waals surface area contributed by atoms with E-state index < -0.39 is 6.10 Å². The number of phenols is 2. The average Bonchev–Trinajstić information content (AvgIpc) is 3.34. The third kappa shape index (κ3) is 5.00. The van der Waals surface area contributed by atoms with Crippen LogP contribution in [-0.2, 0) is 0 Å². The van der Waals surface area contributed by atoms with Crippen LogP contribution in [0.1, 0.15) is 55.5 Å². The lowest BCUT2D eigenvalue weighted by Gasteiger charge is -2.31. The molecule has 3 aromatic carbocycles. The highest BCUT2D eigenvalue weighted by Gasteiger charge is 2.30. The molecule has 3 unspecified atom stereocenters. The number of fused-ring (bicyclic) bond motifs is 1. The van der Waals surface area contributed by atoms with E-state index in [1.165, 1.54) is 6.42 Å². The quantitative estimate of drug-likeness (QED) is 0.426. The van der Waals surface area contributed by atoms with Crippen molar-refractivity contribution in [1.29, 1.82) is 5.26 Å². The van der Waals surface area contributed by atoms with E-state index in [-0.39, 0.29) is 17.1 Å². The maximum absolute atomic E-state index is 10.4. The second-order valence-corrected chi connectivity index (χ2v) is 10.2. The Morgan fingerprint density at radius 1 is 1.11 bits per heavy atom. The van der Waals surface area contributed by atoms with Gasteiger partial charge in [-0.3, -0.25) is 4.90 Å². The first kappa shape index (κ1) is 24.7. The molecule has 0 amide bonds. The zero-order valence-electron chi connectivity index (χ0n) is 21.4. The maximum atomic E-state index is 10.4. The summed E-state index contributed by atoms with van der Waals surface area (Å²) in [4.78, 5) is 2.48. The van der Waals surface area contributed by atoms with Crippen LogP contribution in [0.4, 0.5) is 0 Å². The van der Waals surface area contributed by atoms with Crippen LogP contribution in [0.15, 0.2) is 60.7 Å². The fraction of sp³-hybridized carbons (Fsp3) is 0.323. The highest BCUT2D eigenvalue weighted by atomic mass is 16.5. The molecular formula is C31H32N2O4. The predicted molar refractivity (Wildman–Crippen MR) is 144 cm³/mol. The number of phenolic OH excluding ortho intramolecular Hbond substituents is 2. The van der Waals surface area contributed by atoms with E-state index in [1.54, 1.807) is 30.3 Å². The van der Waals surface area contributed by atoms with Crippen molar-refractivity contribution in [3.8, 4) is 29.1 Å². The van der Waals surface area contributed by atoms with Crippen molar-refractivity contribution >= 4 is 11.1 Å². The van der Waals surface area contributed by atoms with E-state index in [0.717, 1.165) is 52.6 Å². The molecule has 0 radical (unpaired) electrons. The van der Waals surface area contributed by atoms with Gasteiger partial charge in [0.1, 0.15) is 41.8 Å². The van der Waals surface area contributed by atoms with Crippen LogP contribution in [0.2, 0.25) is 0 Å². The van der Waals surface area contributed by atoms with Crippen molar-refractivity contribution in [2.24, 2.45) is 5.92 Å². The monoisotopic (exact) mass is 496 g/mol. The first-order chi connectivity index (χ1) is 17.8. The van der Waals surface area contributed by atoms with E-state index >= 15 is 0 Å². The second-order valence-electron chi connectivity index (χ2n) is 10.2. The summed E-state index contributed by atoms with van der Waals surface area (Å²) in [6.07, 6.45) is 0.804. The molecule has 2 aliphatic heterocycles. The molecule has 0 spiro atoms. The number of aromatic hydroxyl groups is 2. The van der Waals surface area contributed by atoms with Crippen molar-refractivity contribution in [2.75, 3.05) is 19.7 Å². The zero-order chi connectivity index (χ0) is 26.1. The molecule has 1 fully saturated rings. The van der Waals surface area contributed by atoms with E-state index in [4.69, 9.17) is 9.47 Å². The molecule has 0 saturated carbocycles. The molecule has 6 nitrogen and oxygen atoms in total. The van der Waals surface area contributed by atoms with E-state index in [2.05, 4.69) is 18.7 Å². The number of hydrogen-bond acceptors (Lipinski definition) is 6. The molecule has 0 bridgehead atoms. The van der Waals surface area contributed by atoms with Gasteiger partial charge in [-0.15, -0.1) is 0 Å². The summed E-state index contributed by atoms with van der Waals surface area (Å²) in [6.45, 7) is 9.38. The van der Waals surface area contributed by atoms with Gasteiger partial charge in [0.25, 0.3) is 0 Å². The summed E-state index contributed by atoms with van der Waals surface area (Å²) in [7, 11) is 0. The minimum Gasteiger partial charge on any atom is -0.508 e. The topological polar surface area (TPSA) is 86.0 Å². The van der Waals surface area contributed by atoms with Gasteiger partial charge in [-0.25, -0.2) is 0 Å². The number of hydrogen-bond donors (Lipinski definition) is 2. The van der Waals surface area contributed by atoms with Gasteiger partial charge in [0, 0.05) is 23.7 Å². The van der Waals surface area contributed by atoms with Gasteiger partial charge in [-0.1, -0.05) is 25.1 Å². The highest BCUT2D eigenvalue weighted by molar-refractivity contribution is 5.96. The van der Waals surface area contributed by atoms with Crippen molar-refractivity contribution in [2.45, 2.75) is 39.3 Å². The summed E-state index contributed by atoms with van der Waals surface area (Å²) in [6, 6.07) is 20.4. The fourth-order valence-corrected chi connectivity index (χ4v) is 5.27. The number of nitriles is 1. The molecule has 37 heavy (non-hydrogen) atoms. The van der Waals surface area contributed by atoms with Crippen LogP contribution in [0.3, 0.4) is 0 Å². The summed E-state index contributed by atoms with van der Waals surface area (Å²) in [5, 5.41) is 29.7. The molecule has 190 valence electrons. The third-order valence-corrected chi connectivity index (χ3v) is 7.46. The second kappa shape index (κ2) is 10.2. The highest BCUT2D eigenvalue weighted by Crippen LogP contribution is 2.48. The number of likely N-dealkylation sites (tertiary alicyclic amines) is 1. The largest absolute Gasteiger partial charge is 0.508 e. The van der Waals surface area contributed by atoms with Gasteiger partial charge < -0.3 is 19.7 Å². The van der Waals surface area contributed by atoms with Crippen LogP contribution in [-0.4, -0.2) is 40.9 Å². The first-order valence-electron chi connectivity index (χ1n) is 12.7. The predicted octanol–water partition coefficient (Wildman–Crippen LogP) is 6.14. The lowest BCUT2D eigenvalue weighted by molar-refractivity contribution is 0.169. The average molecular weight is 497 g/mol. The Kier molecular flexibility index (Phi) is 6.82. The van der Waals surface area contributed by atoms with Gasteiger partial charge in [0.05, 0.1) is 5.56 Å². The molecule has 2 N–H and O–H groups in total. The molecule has 0 aromatic heterocycles. The first-order valence-corrected chi connectivity index (χ1v) is 12.7. The fourth-order valence-electron chi connectivity index (χ4n) is 5.27. The van der Waals surface area contributed by atoms with Gasteiger partial charge >= 0.3 is 0 Å². The van der Waals surface area contributed by atoms with E-state index in [0.29, 0.717) is 18.4 Å². The molecule has 2 heterocycles. The summed E-state index contributed by atoms with van der Waals surface area (Å²) in [5.41, 5.74) is 4.49. The Balaban J connectivity index is 1.43. The lowest BCUT2D eigenvalue weighted by atomic mass is 9.85. The minimum atomic E-state index is -0.441. The van der Waals surface area contributed by atoms with Crippen LogP contribution in [0.25, 0.3) is 11.1 Å². The third-order valence-electron chi connectivity index (χ3n) is 7.46. The van der Waals surface area contributed by atoms with E-state index in [9.17, 15) is 15.5 Å².